The first-order valence-electron chi connectivity index (χ1n) is 10.1. The van der Waals surface area contributed by atoms with Crippen LogP contribution in [0.2, 0.25) is 10.0 Å². The third kappa shape index (κ3) is 4.06. The second kappa shape index (κ2) is 8.84. The maximum atomic E-state index is 13.0. The highest BCUT2D eigenvalue weighted by molar-refractivity contribution is 6.40. The van der Waals surface area contributed by atoms with Gasteiger partial charge in [-0.05, 0) is 42.2 Å². The number of fused-ring (bicyclic) bond motifs is 2. The fraction of sp³-hybridized carbons (Fsp3) is 0.261. The topological polar surface area (TPSA) is 99.9 Å². The molecule has 2 amide bonds. The molecule has 166 valence electrons. The molecule has 0 aliphatic carbocycles. The zero-order valence-corrected chi connectivity index (χ0v) is 18.7. The van der Waals surface area contributed by atoms with Crippen molar-refractivity contribution in [2.75, 3.05) is 6.54 Å². The number of carboxylic acid groups (broad SMARTS) is 1. The van der Waals surface area contributed by atoms with Crippen molar-refractivity contribution in [1.82, 2.24) is 10.2 Å². The molecular formula is C23H20Cl2N2O5. The van der Waals surface area contributed by atoms with Crippen molar-refractivity contribution in [1.29, 1.82) is 0 Å². The van der Waals surface area contributed by atoms with Crippen LogP contribution in [0.3, 0.4) is 0 Å². The minimum Gasteiger partial charge on any atom is -0.480 e. The first-order valence-corrected chi connectivity index (χ1v) is 10.9. The molecule has 4 rings (SSSR count). The van der Waals surface area contributed by atoms with Crippen LogP contribution in [0.15, 0.2) is 40.8 Å². The van der Waals surface area contributed by atoms with Crippen molar-refractivity contribution in [3.8, 4) is 0 Å². The summed E-state index contributed by atoms with van der Waals surface area (Å²) in [6.07, 6.45) is 0.647. The summed E-state index contributed by atoms with van der Waals surface area (Å²) in [5.41, 5.74) is 2.14. The van der Waals surface area contributed by atoms with Crippen LogP contribution in [0.1, 0.15) is 45.4 Å². The van der Waals surface area contributed by atoms with Gasteiger partial charge in [-0.3, -0.25) is 9.59 Å². The Balaban J connectivity index is 1.58. The SMILES string of the molecule is CC[C@H](NC(=O)c1c(Cl)cc2c(c1Cl)CCN(C(=O)c1cc3ccccc3o1)C2)C(=O)O. The Morgan fingerprint density at radius 1 is 1.22 bits per heavy atom. The smallest absolute Gasteiger partial charge is 0.326 e. The number of benzene rings is 2. The Labute approximate surface area is 193 Å². The van der Waals surface area contributed by atoms with Crippen LogP contribution in [0, 0.1) is 0 Å². The van der Waals surface area contributed by atoms with Gasteiger partial charge in [0, 0.05) is 18.5 Å². The molecule has 32 heavy (non-hydrogen) atoms. The van der Waals surface area contributed by atoms with Crippen LogP contribution in [-0.2, 0) is 17.8 Å². The lowest BCUT2D eigenvalue weighted by molar-refractivity contribution is -0.139. The Kier molecular flexibility index (Phi) is 6.13. The summed E-state index contributed by atoms with van der Waals surface area (Å²) in [6.45, 7) is 2.31. The summed E-state index contributed by atoms with van der Waals surface area (Å²) in [7, 11) is 0. The van der Waals surface area contributed by atoms with E-state index in [0.29, 0.717) is 18.5 Å². The van der Waals surface area contributed by atoms with Crippen molar-refractivity contribution in [3.63, 3.8) is 0 Å². The number of carbonyl (C=O) groups is 3. The molecule has 1 atom stereocenters. The van der Waals surface area contributed by atoms with Gasteiger partial charge in [-0.1, -0.05) is 48.3 Å². The predicted molar refractivity (Wildman–Crippen MR) is 120 cm³/mol. The fourth-order valence-electron chi connectivity index (χ4n) is 3.85. The van der Waals surface area contributed by atoms with E-state index in [1.54, 1.807) is 30.0 Å². The van der Waals surface area contributed by atoms with Crippen LogP contribution >= 0.6 is 23.2 Å². The zero-order chi connectivity index (χ0) is 23.0. The molecule has 1 aromatic heterocycles. The number of halogens is 2. The predicted octanol–water partition coefficient (Wildman–Crippen LogP) is 4.53. The van der Waals surface area contributed by atoms with Gasteiger partial charge in [-0.15, -0.1) is 0 Å². The quantitative estimate of drug-likeness (QED) is 0.565. The number of carboxylic acids is 1. The molecule has 0 saturated carbocycles. The van der Waals surface area contributed by atoms with E-state index in [1.807, 2.05) is 18.2 Å². The van der Waals surface area contributed by atoms with Crippen molar-refractivity contribution >= 4 is 52.0 Å². The van der Waals surface area contributed by atoms with Gasteiger partial charge in [-0.25, -0.2) is 4.79 Å². The number of hydrogen-bond acceptors (Lipinski definition) is 4. The third-order valence-corrected chi connectivity index (χ3v) is 6.28. The molecule has 2 N–H and O–H groups in total. The van der Waals surface area contributed by atoms with Crippen LogP contribution < -0.4 is 5.32 Å². The zero-order valence-electron chi connectivity index (χ0n) is 17.2. The number of hydrogen-bond donors (Lipinski definition) is 2. The van der Waals surface area contributed by atoms with E-state index in [1.165, 1.54) is 0 Å². The van der Waals surface area contributed by atoms with Crippen LogP contribution in [0.25, 0.3) is 11.0 Å². The van der Waals surface area contributed by atoms with E-state index in [4.69, 9.17) is 27.6 Å². The van der Waals surface area contributed by atoms with E-state index in [2.05, 4.69) is 5.32 Å². The minimum absolute atomic E-state index is 0.0452. The molecule has 0 bridgehead atoms. The number of nitrogens with one attached hydrogen (secondary N) is 1. The molecule has 1 aliphatic rings. The highest BCUT2D eigenvalue weighted by Gasteiger charge is 2.30. The molecule has 9 heteroatoms. The number of amides is 2. The van der Waals surface area contributed by atoms with Gasteiger partial charge in [0.2, 0.25) is 0 Å². The Morgan fingerprint density at radius 3 is 2.66 bits per heavy atom. The first-order chi connectivity index (χ1) is 15.3. The molecule has 0 spiro atoms. The molecule has 0 saturated heterocycles. The average molecular weight is 475 g/mol. The monoisotopic (exact) mass is 474 g/mol. The van der Waals surface area contributed by atoms with Crippen molar-refractivity contribution in [3.05, 3.63) is 68.9 Å². The van der Waals surface area contributed by atoms with Gasteiger partial charge in [0.1, 0.15) is 11.6 Å². The number of rotatable bonds is 5. The maximum absolute atomic E-state index is 13.0. The van der Waals surface area contributed by atoms with E-state index in [9.17, 15) is 19.5 Å². The second-order valence-electron chi connectivity index (χ2n) is 7.58. The second-order valence-corrected chi connectivity index (χ2v) is 8.37. The normalized spacial score (nSPS) is 14.2. The van der Waals surface area contributed by atoms with Gasteiger partial charge in [0.05, 0.1) is 15.6 Å². The maximum Gasteiger partial charge on any atom is 0.326 e. The molecular weight excluding hydrogens is 455 g/mol. The van der Waals surface area contributed by atoms with E-state index >= 15 is 0 Å². The standard InChI is InChI=1S/C23H20Cl2N2O5/c1-2-16(23(30)31)26-21(28)19-15(24)9-13-11-27(8-7-14(13)20(19)25)22(29)18-10-12-5-3-4-6-17(12)32-18/h3-6,9-10,16H,2,7-8,11H2,1H3,(H,26,28)(H,30,31)/t16-/m0/s1. The summed E-state index contributed by atoms with van der Waals surface area (Å²) in [5.74, 6) is -1.76. The first kappa shape index (κ1) is 22.2. The fourth-order valence-corrected chi connectivity index (χ4v) is 4.61. The van der Waals surface area contributed by atoms with Crippen LogP contribution in [0.4, 0.5) is 0 Å². The molecule has 2 aromatic carbocycles. The van der Waals surface area contributed by atoms with Gasteiger partial charge in [0.25, 0.3) is 11.8 Å². The lowest BCUT2D eigenvalue weighted by atomic mass is 9.96. The van der Waals surface area contributed by atoms with Gasteiger partial charge in [-0.2, -0.15) is 0 Å². The summed E-state index contributed by atoms with van der Waals surface area (Å²) < 4.78 is 5.69. The number of carbonyl (C=O) groups excluding carboxylic acids is 2. The average Bonchev–Trinajstić information content (AvgIpc) is 3.20. The summed E-state index contributed by atoms with van der Waals surface area (Å²) >= 11 is 12.9. The van der Waals surface area contributed by atoms with Gasteiger partial charge in [0.15, 0.2) is 5.76 Å². The molecule has 0 radical (unpaired) electrons. The summed E-state index contributed by atoms with van der Waals surface area (Å²) in [5, 5.41) is 12.8. The van der Waals surface area contributed by atoms with Crippen LogP contribution in [-0.4, -0.2) is 40.4 Å². The summed E-state index contributed by atoms with van der Waals surface area (Å²) in [4.78, 5) is 38.5. The third-order valence-electron chi connectivity index (χ3n) is 5.57. The number of nitrogens with zero attached hydrogens (tertiary/aromatic N) is 1. The largest absolute Gasteiger partial charge is 0.480 e. The highest BCUT2D eigenvalue weighted by Crippen LogP contribution is 2.35. The summed E-state index contributed by atoms with van der Waals surface area (Å²) in [6, 6.07) is 9.68. The number of aliphatic carboxylic acids is 1. The van der Waals surface area contributed by atoms with E-state index in [-0.39, 0.29) is 40.2 Å². The minimum atomic E-state index is -1.13. The molecule has 7 nitrogen and oxygen atoms in total. The lowest BCUT2D eigenvalue weighted by Crippen LogP contribution is -2.41. The Bertz CT molecular complexity index is 1200. The molecule has 1 aliphatic heterocycles. The molecule has 2 heterocycles. The molecule has 3 aromatic rings. The lowest BCUT2D eigenvalue weighted by Gasteiger charge is -2.30. The highest BCUT2D eigenvalue weighted by atomic mass is 35.5. The van der Waals surface area contributed by atoms with Gasteiger partial charge < -0.3 is 19.7 Å². The Hall–Kier alpha value is -3.03. The van der Waals surface area contributed by atoms with Crippen molar-refractivity contribution in [2.24, 2.45) is 0 Å². The number of para-hydroxylation sites is 1. The molecule has 0 fully saturated rings. The van der Waals surface area contributed by atoms with Gasteiger partial charge >= 0.3 is 5.97 Å². The van der Waals surface area contributed by atoms with E-state index < -0.39 is 17.9 Å². The molecule has 0 unspecified atom stereocenters. The van der Waals surface area contributed by atoms with Crippen molar-refractivity contribution in [2.45, 2.75) is 32.4 Å². The Morgan fingerprint density at radius 2 is 1.97 bits per heavy atom. The number of furan rings is 1. The van der Waals surface area contributed by atoms with E-state index in [0.717, 1.165) is 16.5 Å². The van der Waals surface area contributed by atoms with Crippen molar-refractivity contribution < 1.29 is 23.9 Å². The van der Waals surface area contributed by atoms with Crippen LogP contribution in [0.5, 0.6) is 0 Å².